The van der Waals surface area contributed by atoms with Crippen LogP contribution in [-0.4, -0.2) is 18.2 Å². The van der Waals surface area contributed by atoms with Gasteiger partial charge >= 0.3 is 5.97 Å². The fraction of sp³-hybridized carbons (Fsp3) is 0.387. The SMILES string of the molecule is O=C(OC1CCCC(c2ccccc2)C1)c1ccccc1OC1CCCC(c2ccccc2)C1. The van der Waals surface area contributed by atoms with Crippen LogP contribution in [-0.2, 0) is 4.74 Å². The van der Waals surface area contributed by atoms with E-state index in [0.717, 1.165) is 44.9 Å². The van der Waals surface area contributed by atoms with Crippen LogP contribution in [0.1, 0.15) is 84.7 Å². The lowest BCUT2D eigenvalue weighted by atomic mass is 9.82. The maximum atomic E-state index is 13.2. The third kappa shape index (κ3) is 5.52. The quantitative estimate of drug-likeness (QED) is 0.358. The number of carbonyl (C=O) groups excluding carboxylic acids is 1. The summed E-state index contributed by atoms with van der Waals surface area (Å²) in [7, 11) is 0. The van der Waals surface area contributed by atoms with E-state index in [1.54, 1.807) is 0 Å². The van der Waals surface area contributed by atoms with Gasteiger partial charge in [-0.15, -0.1) is 0 Å². The van der Waals surface area contributed by atoms with E-state index < -0.39 is 0 Å². The summed E-state index contributed by atoms with van der Waals surface area (Å²) in [5.41, 5.74) is 3.28. The molecule has 5 rings (SSSR count). The lowest BCUT2D eigenvalue weighted by Crippen LogP contribution is -2.27. The predicted octanol–water partition coefficient (Wildman–Crippen LogP) is 7.68. The second-order valence-electron chi connectivity index (χ2n) is 9.81. The number of para-hydroxylation sites is 1. The summed E-state index contributed by atoms with van der Waals surface area (Å²) in [4.78, 5) is 13.2. The van der Waals surface area contributed by atoms with Crippen LogP contribution in [0.3, 0.4) is 0 Å². The zero-order chi connectivity index (χ0) is 23.2. The number of benzene rings is 3. The van der Waals surface area contributed by atoms with Crippen LogP contribution in [0.4, 0.5) is 0 Å². The molecular formula is C31H34O3. The summed E-state index contributed by atoms with van der Waals surface area (Å²) in [5.74, 6) is 1.36. The first-order chi connectivity index (χ1) is 16.8. The van der Waals surface area contributed by atoms with Gasteiger partial charge in [0.2, 0.25) is 0 Å². The molecule has 3 heteroatoms. The van der Waals surface area contributed by atoms with Crippen LogP contribution in [0, 0.1) is 0 Å². The number of esters is 1. The Bertz CT molecular complexity index is 1060. The van der Waals surface area contributed by atoms with Crippen molar-refractivity contribution in [1.82, 2.24) is 0 Å². The first-order valence-electron chi connectivity index (χ1n) is 12.8. The Morgan fingerprint density at radius 2 is 1.15 bits per heavy atom. The average Bonchev–Trinajstić information content (AvgIpc) is 2.90. The Morgan fingerprint density at radius 3 is 1.79 bits per heavy atom. The topological polar surface area (TPSA) is 35.5 Å². The van der Waals surface area contributed by atoms with E-state index in [2.05, 4.69) is 60.7 Å². The van der Waals surface area contributed by atoms with Gasteiger partial charge in [-0.05, 0) is 86.5 Å². The van der Waals surface area contributed by atoms with Gasteiger partial charge in [-0.3, -0.25) is 0 Å². The molecule has 4 atom stereocenters. The molecule has 0 saturated heterocycles. The van der Waals surface area contributed by atoms with Crippen molar-refractivity contribution in [2.45, 2.75) is 75.4 Å². The third-order valence-corrected chi connectivity index (χ3v) is 7.47. The van der Waals surface area contributed by atoms with Crippen molar-refractivity contribution in [2.24, 2.45) is 0 Å². The van der Waals surface area contributed by atoms with Crippen molar-refractivity contribution >= 4 is 5.97 Å². The molecule has 2 fully saturated rings. The van der Waals surface area contributed by atoms with E-state index in [1.807, 2.05) is 24.3 Å². The van der Waals surface area contributed by atoms with Crippen molar-refractivity contribution in [2.75, 3.05) is 0 Å². The second-order valence-corrected chi connectivity index (χ2v) is 9.81. The first kappa shape index (κ1) is 22.7. The van der Waals surface area contributed by atoms with Crippen LogP contribution in [0.15, 0.2) is 84.9 Å². The molecule has 4 unspecified atom stereocenters. The fourth-order valence-electron chi connectivity index (χ4n) is 5.69. The van der Waals surface area contributed by atoms with Gasteiger partial charge < -0.3 is 9.47 Å². The highest BCUT2D eigenvalue weighted by atomic mass is 16.5. The molecule has 0 heterocycles. The minimum absolute atomic E-state index is 0.0448. The van der Waals surface area contributed by atoms with E-state index in [9.17, 15) is 4.79 Å². The molecule has 3 aromatic carbocycles. The van der Waals surface area contributed by atoms with Crippen molar-refractivity contribution in [3.05, 3.63) is 102 Å². The van der Waals surface area contributed by atoms with Crippen LogP contribution in [0.25, 0.3) is 0 Å². The van der Waals surface area contributed by atoms with Gasteiger partial charge in [0.15, 0.2) is 0 Å². The molecular weight excluding hydrogens is 420 g/mol. The van der Waals surface area contributed by atoms with E-state index in [4.69, 9.17) is 9.47 Å². The zero-order valence-electron chi connectivity index (χ0n) is 19.8. The zero-order valence-corrected chi connectivity index (χ0v) is 19.8. The molecule has 0 spiro atoms. The predicted molar refractivity (Wildman–Crippen MR) is 135 cm³/mol. The van der Waals surface area contributed by atoms with E-state index in [-0.39, 0.29) is 18.2 Å². The van der Waals surface area contributed by atoms with Gasteiger partial charge in [-0.25, -0.2) is 4.79 Å². The first-order valence-corrected chi connectivity index (χ1v) is 12.8. The second kappa shape index (κ2) is 10.9. The van der Waals surface area contributed by atoms with Crippen LogP contribution in [0.5, 0.6) is 5.75 Å². The number of ether oxygens (including phenoxy) is 2. The van der Waals surface area contributed by atoms with E-state index in [0.29, 0.717) is 23.1 Å². The maximum Gasteiger partial charge on any atom is 0.342 e. The molecule has 3 aromatic rings. The van der Waals surface area contributed by atoms with E-state index >= 15 is 0 Å². The molecule has 0 aliphatic heterocycles. The molecule has 2 saturated carbocycles. The minimum Gasteiger partial charge on any atom is -0.490 e. The van der Waals surface area contributed by atoms with Crippen LogP contribution >= 0.6 is 0 Å². The Morgan fingerprint density at radius 1 is 0.618 bits per heavy atom. The molecule has 2 aliphatic carbocycles. The highest BCUT2D eigenvalue weighted by Crippen LogP contribution is 2.37. The lowest BCUT2D eigenvalue weighted by molar-refractivity contribution is 0.0180. The summed E-state index contributed by atoms with van der Waals surface area (Å²) in [6, 6.07) is 28.9. The fourth-order valence-corrected chi connectivity index (χ4v) is 5.69. The van der Waals surface area contributed by atoms with E-state index in [1.165, 1.54) is 17.5 Å². The molecule has 2 aliphatic rings. The Hall–Kier alpha value is -3.07. The standard InChI is InChI=1S/C31H34O3/c32-31(34-28-18-10-16-26(22-28)24-13-5-2-6-14-24)29-19-7-8-20-30(29)33-27-17-9-15-25(21-27)23-11-3-1-4-12-23/h1-8,11-14,19-20,25-28H,9-10,15-18,21-22H2. The largest absolute Gasteiger partial charge is 0.490 e. The summed E-state index contributed by atoms with van der Waals surface area (Å²) < 4.78 is 12.5. The normalized spacial score (nSPS) is 24.8. The third-order valence-electron chi connectivity index (χ3n) is 7.47. The van der Waals surface area contributed by atoms with Crippen LogP contribution in [0.2, 0.25) is 0 Å². The molecule has 176 valence electrons. The highest BCUT2D eigenvalue weighted by Gasteiger charge is 2.29. The number of rotatable bonds is 6. The van der Waals surface area contributed by atoms with Crippen molar-refractivity contribution in [1.29, 1.82) is 0 Å². The summed E-state index contributed by atoms with van der Waals surface area (Å²) >= 11 is 0. The molecule has 34 heavy (non-hydrogen) atoms. The maximum absolute atomic E-state index is 13.2. The van der Waals surface area contributed by atoms with Gasteiger partial charge in [-0.1, -0.05) is 72.8 Å². The van der Waals surface area contributed by atoms with Crippen LogP contribution < -0.4 is 4.74 Å². The van der Waals surface area contributed by atoms with Crippen molar-refractivity contribution < 1.29 is 14.3 Å². The van der Waals surface area contributed by atoms with Gasteiger partial charge in [0, 0.05) is 0 Å². The monoisotopic (exact) mass is 454 g/mol. The molecule has 0 aromatic heterocycles. The molecule has 0 radical (unpaired) electrons. The summed E-state index contributed by atoms with van der Waals surface area (Å²) in [5, 5.41) is 0. The Balaban J connectivity index is 1.23. The number of hydrogen-bond donors (Lipinski definition) is 0. The Kier molecular flexibility index (Phi) is 7.28. The number of carbonyl (C=O) groups is 1. The Labute approximate surface area is 203 Å². The highest BCUT2D eigenvalue weighted by molar-refractivity contribution is 5.92. The summed E-state index contributed by atoms with van der Waals surface area (Å²) in [6.07, 6.45) is 8.46. The smallest absolute Gasteiger partial charge is 0.342 e. The number of hydrogen-bond acceptors (Lipinski definition) is 3. The van der Waals surface area contributed by atoms with Gasteiger partial charge in [-0.2, -0.15) is 0 Å². The van der Waals surface area contributed by atoms with Gasteiger partial charge in [0.05, 0.1) is 6.10 Å². The molecule has 0 amide bonds. The lowest BCUT2D eigenvalue weighted by Gasteiger charge is -2.31. The summed E-state index contributed by atoms with van der Waals surface area (Å²) in [6.45, 7) is 0. The van der Waals surface area contributed by atoms with Crippen molar-refractivity contribution in [3.63, 3.8) is 0 Å². The van der Waals surface area contributed by atoms with Gasteiger partial charge in [0.25, 0.3) is 0 Å². The average molecular weight is 455 g/mol. The molecule has 3 nitrogen and oxygen atoms in total. The van der Waals surface area contributed by atoms with Gasteiger partial charge in [0.1, 0.15) is 17.4 Å². The molecule has 0 N–H and O–H groups in total. The molecule has 0 bridgehead atoms. The minimum atomic E-state index is -0.260. The van der Waals surface area contributed by atoms with Crippen molar-refractivity contribution in [3.8, 4) is 5.75 Å².